The summed E-state index contributed by atoms with van der Waals surface area (Å²) in [6, 6.07) is 13.7. The summed E-state index contributed by atoms with van der Waals surface area (Å²) < 4.78 is 15.9. The minimum atomic E-state index is -0.803. The molecule has 30 heavy (non-hydrogen) atoms. The first-order valence-corrected chi connectivity index (χ1v) is 9.35. The van der Waals surface area contributed by atoms with Crippen LogP contribution in [0.2, 0.25) is 0 Å². The van der Waals surface area contributed by atoms with Gasteiger partial charge in [0.25, 0.3) is 11.5 Å². The van der Waals surface area contributed by atoms with Crippen molar-refractivity contribution in [2.24, 2.45) is 0 Å². The predicted octanol–water partition coefficient (Wildman–Crippen LogP) is 1.67. The minimum Gasteiger partial charge on any atom is -0.494 e. The molecule has 0 radical (unpaired) electrons. The van der Waals surface area contributed by atoms with Crippen molar-refractivity contribution in [3.05, 3.63) is 64.6 Å². The number of esters is 1. The standard InChI is InChI=1S/C21H21N3O6/c1-2-28-14-7-9-15(10-8-14)29-12-11-22-18(25)13-30-21(27)19-16-5-3-4-6-17(16)20(26)24-23-19/h3-10H,2,11-13H2,1H3,(H,22,25)(H,24,26). The fourth-order valence-electron chi connectivity index (χ4n) is 2.68. The van der Waals surface area contributed by atoms with Gasteiger partial charge in [0, 0.05) is 5.39 Å². The summed E-state index contributed by atoms with van der Waals surface area (Å²) in [5.41, 5.74) is -0.468. The molecule has 0 aliphatic carbocycles. The molecule has 3 aromatic rings. The summed E-state index contributed by atoms with van der Waals surface area (Å²) in [5.74, 6) is 0.121. The van der Waals surface area contributed by atoms with E-state index in [4.69, 9.17) is 14.2 Å². The van der Waals surface area contributed by atoms with E-state index < -0.39 is 24.0 Å². The van der Waals surface area contributed by atoms with Gasteiger partial charge in [-0.2, -0.15) is 5.10 Å². The Morgan fingerprint density at radius 3 is 2.37 bits per heavy atom. The number of H-pyrrole nitrogens is 1. The third-order valence-electron chi connectivity index (χ3n) is 4.05. The molecule has 9 heteroatoms. The average molecular weight is 411 g/mol. The molecular formula is C21H21N3O6. The number of nitrogens with zero attached hydrogens (tertiary/aromatic N) is 1. The molecule has 0 aliphatic rings. The number of nitrogens with one attached hydrogen (secondary N) is 2. The van der Waals surface area contributed by atoms with Crippen LogP contribution in [0.4, 0.5) is 0 Å². The lowest BCUT2D eigenvalue weighted by Gasteiger charge is -2.09. The third-order valence-corrected chi connectivity index (χ3v) is 4.05. The summed E-state index contributed by atoms with van der Waals surface area (Å²) in [6.07, 6.45) is 0. The Balaban J connectivity index is 1.43. The van der Waals surface area contributed by atoms with Gasteiger partial charge in [0.05, 0.1) is 18.5 Å². The molecule has 2 aromatic carbocycles. The summed E-state index contributed by atoms with van der Waals surface area (Å²) in [4.78, 5) is 35.9. The maximum absolute atomic E-state index is 12.2. The second-order valence-electron chi connectivity index (χ2n) is 6.13. The highest BCUT2D eigenvalue weighted by Crippen LogP contribution is 2.17. The van der Waals surface area contributed by atoms with Crippen LogP contribution < -0.4 is 20.3 Å². The summed E-state index contributed by atoms with van der Waals surface area (Å²) >= 11 is 0. The van der Waals surface area contributed by atoms with Crippen molar-refractivity contribution in [3.63, 3.8) is 0 Å². The third kappa shape index (κ3) is 5.34. The molecule has 156 valence electrons. The molecule has 1 aromatic heterocycles. The lowest BCUT2D eigenvalue weighted by molar-refractivity contribution is -0.124. The number of amides is 1. The molecule has 1 heterocycles. The van der Waals surface area contributed by atoms with Crippen LogP contribution in [0.15, 0.2) is 53.3 Å². The van der Waals surface area contributed by atoms with Crippen LogP contribution in [0.1, 0.15) is 17.4 Å². The lowest BCUT2D eigenvalue weighted by atomic mass is 10.1. The molecule has 0 atom stereocenters. The number of carbonyl (C=O) groups excluding carboxylic acids is 2. The molecule has 0 fully saturated rings. The summed E-state index contributed by atoms with van der Waals surface area (Å²) in [6.45, 7) is 2.51. The molecule has 2 N–H and O–H groups in total. The second-order valence-corrected chi connectivity index (χ2v) is 6.13. The second kappa shape index (κ2) is 10.1. The van der Waals surface area contributed by atoms with Crippen LogP contribution in [0.25, 0.3) is 10.8 Å². The molecule has 0 saturated heterocycles. The van der Waals surface area contributed by atoms with E-state index in [1.807, 2.05) is 6.92 Å². The van der Waals surface area contributed by atoms with Crippen LogP contribution in [0.5, 0.6) is 11.5 Å². The molecule has 1 amide bonds. The van der Waals surface area contributed by atoms with Gasteiger partial charge in [-0.1, -0.05) is 18.2 Å². The first-order chi connectivity index (χ1) is 14.6. The highest BCUT2D eigenvalue weighted by Gasteiger charge is 2.16. The van der Waals surface area contributed by atoms with Crippen LogP contribution in [0, 0.1) is 0 Å². The van der Waals surface area contributed by atoms with Crippen LogP contribution in [-0.4, -0.2) is 48.4 Å². The zero-order valence-electron chi connectivity index (χ0n) is 16.3. The van der Waals surface area contributed by atoms with Crippen LogP contribution >= 0.6 is 0 Å². The highest BCUT2D eigenvalue weighted by atomic mass is 16.5. The van der Waals surface area contributed by atoms with E-state index in [1.54, 1.807) is 48.5 Å². The number of hydrogen-bond acceptors (Lipinski definition) is 7. The first kappa shape index (κ1) is 20.8. The Kier molecular flexibility index (Phi) is 6.99. The molecule has 0 bridgehead atoms. The van der Waals surface area contributed by atoms with E-state index in [0.717, 1.165) is 5.75 Å². The van der Waals surface area contributed by atoms with Crippen molar-refractivity contribution < 1.29 is 23.8 Å². The zero-order chi connectivity index (χ0) is 21.3. The summed E-state index contributed by atoms with van der Waals surface area (Å²) in [7, 11) is 0. The van der Waals surface area contributed by atoms with Crippen molar-refractivity contribution in [2.75, 3.05) is 26.4 Å². The number of rotatable bonds is 9. The van der Waals surface area contributed by atoms with E-state index >= 15 is 0 Å². The van der Waals surface area contributed by atoms with Crippen molar-refractivity contribution in [1.29, 1.82) is 0 Å². The normalized spacial score (nSPS) is 10.4. The number of hydrogen-bond donors (Lipinski definition) is 2. The fourth-order valence-corrected chi connectivity index (χ4v) is 2.68. The van der Waals surface area contributed by atoms with E-state index in [1.165, 1.54) is 0 Å². The SMILES string of the molecule is CCOc1ccc(OCCNC(=O)COC(=O)c2n[nH]c(=O)c3ccccc23)cc1. The number of aromatic nitrogens is 2. The Morgan fingerprint density at radius 1 is 1.00 bits per heavy atom. The Hall–Kier alpha value is -3.88. The average Bonchev–Trinajstić information content (AvgIpc) is 2.77. The van der Waals surface area contributed by atoms with Gasteiger partial charge in [-0.05, 0) is 37.3 Å². The zero-order valence-corrected chi connectivity index (χ0v) is 16.3. The maximum Gasteiger partial charge on any atom is 0.359 e. The molecule has 9 nitrogen and oxygen atoms in total. The molecule has 0 saturated carbocycles. The van der Waals surface area contributed by atoms with Gasteiger partial charge >= 0.3 is 5.97 Å². The number of carbonyl (C=O) groups is 2. The predicted molar refractivity (Wildman–Crippen MR) is 109 cm³/mol. The molecule has 0 unspecified atom stereocenters. The van der Waals surface area contributed by atoms with Crippen LogP contribution in [-0.2, 0) is 9.53 Å². The van der Waals surface area contributed by atoms with Gasteiger partial charge < -0.3 is 19.5 Å². The maximum atomic E-state index is 12.2. The molecule has 0 aliphatic heterocycles. The van der Waals surface area contributed by atoms with Gasteiger partial charge in [0.1, 0.15) is 18.1 Å². The van der Waals surface area contributed by atoms with E-state index in [2.05, 4.69) is 15.5 Å². The number of ether oxygens (including phenoxy) is 3. The Morgan fingerprint density at radius 2 is 1.67 bits per heavy atom. The van der Waals surface area contributed by atoms with Gasteiger partial charge in [-0.3, -0.25) is 9.59 Å². The van der Waals surface area contributed by atoms with E-state index in [-0.39, 0.29) is 18.8 Å². The van der Waals surface area contributed by atoms with Gasteiger partial charge in [-0.25, -0.2) is 9.89 Å². The highest BCUT2D eigenvalue weighted by molar-refractivity contribution is 6.02. The summed E-state index contributed by atoms with van der Waals surface area (Å²) in [5, 5.41) is 9.25. The monoisotopic (exact) mass is 411 g/mol. The molecule has 0 spiro atoms. The van der Waals surface area contributed by atoms with Gasteiger partial charge in [-0.15, -0.1) is 0 Å². The Labute approximate surface area is 172 Å². The number of benzene rings is 2. The first-order valence-electron chi connectivity index (χ1n) is 9.35. The van der Waals surface area contributed by atoms with Crippen LogP contribution in [0.3, 0.4) is 0 Å². The quantitative estimate of drug-likeness (QED) is 0.406. The van der Waals surface area contributed by atoms with Crippen molar-refractivity contribution in [2.45, 2.75) is 6.92 Å². The van der Waals surface area contributed by atoms with Crippen molar-refractivity contribution >= 4 is 22.6 Å². The minimum absolute atomic E-state index is 0.0585. The Bertz CT molecular complexity index is 1080. The van der Waals surface area contributed by atoms with Crippen molar-refractivity contribution in [1.82, 2.24) is 15.5 Å². The largest absolute Gasteiger partial charge is 0.494 e. The number of aromatic amines is 1. The smallest absolute Gasteiger partial charge is 0.359 e. The molecular weight excluding hydrogens is 390 g/mol. The van der Waals surface area contributed by atoms with Crippen molar-refractivity contribution in [3.8, 4) is 11.5 Å². The fraction of sp³-hybridized carbons (Fsp3) is 0.238. The topological polar surface area (TPSA) is 120 Å². The van der Waals surface area contributed by atoms with E-state index in [9.17, 15) is 14.4 Å². The van der Waals surface area contributed by atoms with Gasteiger partial charge in [0.2, 0.25) is 0 Å². The lowest BCUT2D eigenvalue weighted by Crippen LogP contribution is -2.32. The van der Waals surface area contributed by atoms with E-state index in [0.29, 0.717) is 23.1 Å². The number of fused-ring (bicyclic) bond motifs is 1. The van der Waals surface area contributed by atoms with Gasteiger partial charge in [0.15, 0.2) is 12.3 Å². The molecule has 3 rings (SSSR count).